The van der Waals surface area contributed by atoms with E-state index < -0.39 is 11.5 Å². The van der Waals surface area contributed by atoms with Crippen molar-refractivity contribution in [2.75, 3.05) is 13.2 Å². The van der Waals surface area contributed by atoms with Gasteiger partial charge in [0.05, 0.1) is 6.54 Å². The van der Waals surface area contributed by atoms with E-state index in [1.165, 1.54) is 0 Å². The minimum absolute atomic E-state index is 0. The summed E-state index contributed by atoms with van der Waals surface area (Å²) in [7, 11) is 0. The summed E-state index contributed by atoms with van der Waals surface area (Å²) in [5.74, 6) is 0.827. The van der Waals surface area contributed by atoms with Gasteiger partial charge in [0.1, 0.15) is 11.4 Å². The van der Waals surface area contributed by atoms with Crippen LogP contribution in [0, 0.1) is 0 Å². The number of halogens is 1. The van der Waals surface area contributed by atoms with Crippen LogP contribution in [0.15, 0.2) is 29.3 Å². The topological polar surface area (TPSA) is 127 Å². The van der Waals surface area contributed by atoms with Crippen molar-refractivity contribution in [3.63, 3.8) is 0 Å². The molecular weight excluding hydrogens is 537 g/mol. The first-order chi connectivity index (χ1) is 15.1. The van der Waals surface area contributed by atoms with Crippen LogP contribution in [0.4, 0.5) is 4.79 Å². The molecule has 10 heteroatoms. The summed E-state index contributed by atoms with van der Waals surface area (Å²) in [6, 6.07) is 7.87. The van der Waals surface area contributed by atoms with E-state index in [0.717, 1.165) is 43.8 Å². The van der Waals surface area contributed by atoms with Gasteiger partial charge in [-0.3, -0.25) is 4.79 Å². The van der Waals surface area contributed by atoms with Crippen molar-refractivity contribution in [2.45, 2.75) is 77.6 Å². The molecule has 0 unspecified atom stereocenters. The smallest absolute Gasteiger partial charge is 0.407 e. The van der Waals surface area contributed by atoms with Gasteiger partial charge in [-0.1, -0.05) is 12.1 Å². The Labute approximate surface area is 213 Å². The van der Waals surface area contributed by atoms with Gasteiger partial charge in [0.2, 0.25) is 0 Å². The molecule has 0 aromatic heterocycles. The highest BCUT2D eigenvalue weighted by atomic mass is 127. The van der Waals surface area contributed by atoms with Crippen molar-refractivity contribution in [3.05, 3.63) is 29.8 Å². The number of carbonyl (C=O) groups is 2. The summed E-state index contributed by atoms with van der Waals surface area (Å²) in [4.78, 5) is 27.6. The van der Waals surface area contributed by atoms with Gasteiger partial charge in [-0.05, 0) is 71.1 Å². The Morgan fingerprint density at radius 1 is 1.12 bits per heavy atom. The van der Waals surface area contributed by atoms with Crippen LogP contribution in [-0.2, 0) is 16.1 Å². The molecule has 33 heavy (non-hydrogen) atoms. The second kappa shape index (κ2) is 14.1. The Morgan fingerprint density at radius 3 is 2.33 bits per heavy atom. The quantitative estimate of drug-likeness (QED) is 0.215. The fourth-order valence-electron chi connectivity index (χ4n) is 3.43. The molecule has 0 atom stereocenters. The summed E-state index contributed by atoms with van der Waals surface area (Å²) in [6.45, 7) is 8.68. The van der Waals surface area contributed by atoms with Crippen LogP contribution in [0.5, 0.6) is 5.75 Å². The molecule has 1 aromatic carbocycles. The molecule has 0 heterocycles. The molecule has 2 rings (SSSR count). The molecule has 1 saturated carbocycles. The molecule has 1 aliphatic carbocycles. The second-order valence-corrected chi connectivity index (χ2v) is 8.94. The van der Waals surface area contributed by atoms with E-state index in [1.54, 1.807) is 6.07 Å². The van der Waals surface area contributed by atoms with Gasteiger partial charge in [-0.2, -0.15) is 0 Å². The maximum absolute atomic E-state index is 12.0. The van der Waals surface area contributed by atoms with Crippen LogP contribution >= 0.6 is 24.0 Å². The van der Waals surface area contributed by atoms with E-state index in [9.17, 15) is 9.59 Å². The minimum atomic E-state index is -0.511. The number of amides is 2. The Balaban J connectivity index is 0.00000544. The van der Waals surface area contributed by atoms with Crippen molar-refractivity contribution in [2.24, 2.45) is 10.7 Å². The number of rotatable bonds is 8. The van der Waals surface area contributed by atoms with Crippen LogP contribution in [0.1, 0.15) is 58.9 Å². The van der Waals surface area contributed by atoms with Gasteiger partial charge < -0.3 is 31.2 Å². The molecule has 0 aliphatic heterocycles. The van der Waals surface area contributed by atoms with Crippen molar-refractivity contribution in [1.29, 1.82) is 0 Å². The summed E-state index contributed by atoms with van der Waals surface area (Å²) < 4.78 is 10.7. The number of guanidine groups is 1. The third-order valence-corrected chi connectivity index (χ3v) is 4.83. The van der Waals surface area contributed by atoms with Gasteiger partial charge in [-0.25, -0.2) is 9.79 Å². The van der Waals surface area contributed by atoms with Crippen LogP contribution in [0.2, 0.25) is 0 Å². The Bertz CT molecular complexity index is 789. The highest BCUT2D eigenvalue weighted by Gasteiger charge is 2.25. The molecule has 1 aliphatic rings. The van der Waals surface area contributed by atoms with Crippen molar-refractivity contribution < 1.29 is 19.1 Å². The number of ether oxygens (including phenoxy) is 2. The average Bonchev–Trinajstić information content (AvgIpc) is 2.71. The zero-order valence-corrected chi connectivity index (χ0v) is 22.3. The molecule has 186 valence electrons. The number of aliphatic imine (C=N–C) groups is 1. The number of primary amides is 1. The fraction of sp³-hybridized carbons (Fsp3) is 0.609. The van der Waals surface area contributed by atoms with E-state index in [0.29, 0.717) is 12.3 Å². The van der Waals surface area contributed by atoms with E-state index in [4.69, 9.17) is 15.2 Å². The monoisotopic (exact) mass is 575 g/mol. The lowest BCUT2D eigenvalue weighted by atomic mass is 9.91. The second-order valence-electron chi connectivity index (χ2n) is 8.94. The zero-order chi connectivity index (χ0) is 23.6. The molecule has 0 bridgehead atoms. The first-order valence-corrected chi connectivity index (χ1v) is 11.2. The van der Waals surface area contributed by atoms with E-state index in [2.05, 4.69) is 20.9 Å². The number of hydrogen-bond donors (Lipinski definition) is 4. The van der Waals surface area contributed by atoms with Crippen LogP contribution in [0.3, 0.4) is 0 Å². The Kier molecular flexibility index (Phi) is 12.3. The average molecular weight is 575 g/mol. The molecular formula is C23H38IN5O4. The first-order valence-electron chi connectivity index (χ1n) is 11.2. The fourth-order valence-corrected chi connectivity index (χ4v) is 3.43. The number of alkyl carbamates (subject to hydrolysis) is 1. The highest BCUT2D eigenvalue weighted by Crippen LogP contribution is 2.19. The lowest BCUT2D eigenvalue weighted by Crippen LogP contribution is -2.48. The lowest BCUT2D eigenvalue weighted by Gasteiger charge is -2.31. The highest BCUT2D eigenvalue weighted by molar-refractivity contribution is 14.0. The summed E-state index contributed by atoms with van der Waals surface area (Å²) in [5.41, 5.74) is 5.60. The van der Waals surface area contributed by atoms with E-state index >= 15 is 0 Å². The lowest BCUT2D eigenvalue weighted by molar-refractivity contribution is -0.119. The Morgan fingerprint density at radius 2 is 1.76 bits per heavy atom. The predicted octanol–water partition coefficient (Wildman–Crippen LogP) is 3.06. The predicted molar refractivity (Wildman–Crippen MR) is 140 cm³/mol. The first kappa shape index (κ1) is 28.8. The number of nitrogens with one attached hydrogen (secondary N) is 3. The minimum Gasteiger partial charge on any atom is -0.484 e. The molecule has 0 spiro atoms. The number of benzene rings is 1. The van der Waals surface area contributed by atoms with Crippen molar-refractivity contribution in [1.82, 2.24) is 16.0 Å². The van der Waals surface area contributed by atoms with Gasteiger partial charge in [0.25, 0.3) is 5.91 Å². The molecule has 9 nitrogen and oxygen atoms in total. The number of nitrogens with two attached hydrogens (primary N) is 1. The van der Waals surface area contributed by atoms with Gasteiger partial charge >= 0.3 is 6.09 Å². The van der Waals surface area contributed by atoms with Crippen molar-refractivity contribution >= 4 is 41.9 Å². The molecule has 5 N–H and O–H groups in total. The van der Waals surface area contributed by atoms with Crippen LogP contribution in [0.25, 0.3) is 0 Å². The van der Waals surface area contributed by atoms with Gasteiger partial charge in [-0.15, -0.1) is 24.0 Å². The molecule has 0 saturated heterocycles. The standard InChI is InChI=1S/C23H37N5O4.HI/c1-5-25-21(26-14-16-7-6-8-19(13-16)31-15-20(24)29)27-17-9-11-18(12-10-17)28-22(30)32-23(2,3)4;/h6-8,13,17-18H,5,9-12,14-15H2,1-4H3,(H2,24,29)(H,28,30)(H2,25,26,27);1H. The summed E-state index contributed by atoms with van der Waals surface area (Å²) in [6.07, 6.45) is 3.28. The Hall–Kier alpha value is -2.24. The van der Waals surface area contributed by atoms with E-state index in [1.807, 2.05) is 45.9 Å². The maximum Gasteiger partial charge on any atom is 0.407 e. The molecule has 2 amide bonds. The number of carbonyl (C=O) groups excluding carboxylic acids is 2. The van der Waals surface area contributed by atoms with Crippen LogP contribution < -0.4 is 26.4 Å². The van der Waals surface area contributed by atoms with Gasteiger partial charge in [0, 0.05) is 18.6 Å². The zero-order valence-electron chi connectivity index (χ0n) is 20.0. The third kappa shape index (κ3) is 12.0. The number of nitrogens with zero attached hydrogens (tertiary/aromatic N) is 1. The largest absolute Gasteiger partial charge is 0.484 e. The van der Waals surface area contributed by atoms with Gasteiger partial charge in [0.15, 0.2) is 12.6 Å². The number of hydrogen-bond acceptors (Lipinski definition) is 5. The summed E-state index contributed by atoms with van der Waals surface area (Å²) >= 11 is 0. The molecule has 1 fully saturated rings. The van der Waals surface area contributed by atoms with Crippen molar-refractivity contribution in [3.8, 4) is 5.75 Å². The maximum atomic E-state index is 12.0. The normalized spacial score (nSPS) is 18.5. The molecule has 0 radical (unpaired) electrons. The van der Waals surface area contributed by atoms with E-state index in [-0.39, 0.29) is 48.8 Å². The SMILES string of the molecule is CCNC(=NCc1cccc(OCC(N)=O)c1)NC1CCC(NC(=O)OC(C)(C)C)CC1.I. The molecule has 1 aromatic rings. The van der Waals surface area contributed by atoms with Crippen LogP contribution in [-0.4, -0.2) is 48.8 Å². The summed E-state index contributed by atoms with van der Waals surface area (Å²) in [5, 5.41) is 9.75. The third-order valence-electron chi connectivity index (χ3n) is 4.83.